The fraction of sp³-hybridized carbons (Fsp3) is 0.0833. The molecule has 4 nitrogen and oxygen atoms in total. The number of nitrogens with zero attached hydrogens (tertiary/aromatic N) is 4. The molecule has 0 aliphatic heterocycles. The summed E-state index contributed by atoms with van der Waals surface area (Å²) in [5.41, 5.74) is 1.04. The average Bonchev–Trinajstić information content (AvgIpc) is 2.99. The lowest BCUT2D eigenvalue weighted by atomic mass is 10.1. The van der Waals surface area contributed by atoms with Crippen molar-refractivity contribution in [1.29, 1.82) is 5.26 Å². The van der Waals surface area contributed by atoms with Crippen LogP contribution in [0, 0.1) is 11.3 Å². The monoisotopic (exact) mass is 258 g/mol. The smallest absolute Gasteiger partial charge is 0.194 e. The van der Waals surface area contributed by atoms with Crippen LogP contribution in [0.5, 0.6) is 0 Å². The Morgan fingerprint density at radius 3 is 3.06 bits per heavy atom. The zero-order valence-electron chi connectivity index (χ0n) is 9.17. The lowest BCUT2D eigenvalue weighted by molar-refractivity contribution is 0.329. The molecule has 0 radical (unpaired) electrons. The van der Waals surface area contributed by atoms with Gasteiger partial charge in [-0.1, -0.05) is 15.5 Å². The summed E-state index contributed by atoms with van der Waals surface area (Å²) in [6.45, 7) is 0. The summed E-state index contributed by atoms with van der Waals surface area (Å²) >= 11 is 1.62. The molecule has 0 spiro atoms. The molecule has 3 aromatic rings. The Morgan fingerprint density at radius 1 is 1.44 bits per heavy atom. The molecule has 0 N–H and O–H groups in total. The van der Waals surface area contributed by atoms with E-state index in [1.807, 2.05) is 23.6 Å². The second-order valence-corrected chi connectivity index (χ2v) is 4.78. The molecule has 0 atom stereocenters. The number of rotatable bonds is 2. The number of hydrogen-bond donors (Lipinski definition) is 0. The first-order chi connectivity index (χ1) is 8.79. The van der Waals surface area contributed by atoms with E-state index < -0.39 is 0 Å². The van der Waals surface area contributed by atoms with Crippen LogP contribution in [0.25, 0.3) is 11.0 Å². The van der Waals surface area contributed by atoms with Gasteiger partial charge in [0.15, 0.2) is 11.3 Å². The molecule has 0 bridgehead atoms. The van der Waals surface area contributed by atoms with Crippen LogP contribution in [0.15, 0.2) is 29.8 Å². The Labute approximate surface area is 106 Å². The number of pyridine rings is 1. The number of nitriles is 1. The summed E-state index contributed by atoms with van der Waals surface area (Å²) in [6, 6.07) is 7.66. The fourth-order valence-corrected chi connectivity index (χ4v) is 2.63. The highest BCUT2D eigenvalue weighted by atomic mass is 32.1. The third kappa shape index (κ3) is 1.65. The topological polar surface area (TPSA) is 54.5 Å². The van der Waals surface area contributed by atoms with Gasteiger partial charge in [-0.05, 0) is 23.1 Å². The van der Waals surface area contributed by atoms with Crippen molar-refractivity contribution in [3.63, 3.8) is 0 Å². The van der Waals surface area contributed by atoms with Crippen molar-refractivity contribution in [2.75, 3.05) is 0 Å². The van der Waals surface area contributed by atoms with E-state index in [1.165, 1.54) is 6.20 Å². The molecule has 18 heavy (non-hydrogen) atoms. The predicted octanol–water partition coefficient (Wildman–Crippen LogP) is 2.69. The van der Waals surface area contributed by atoms with Crippen molar-refractivity contribution in [2.24, 2.45) is 0 Å². The van der Waals surface area contributed by atoms with E-state index in [2.05, 4.69) is 10.1 Å². The highest BCUT2D eigenvalue weighted by molar-refractivity contribution is 7.09. The molecule has 0 aliphatic carbocycles. The van der Waals surface area contributed by atoms with Gasteiger partial charge in [0.1, 0.15) is 6.07 Å². The van der Waals surface area contributed by atoms with E-state index >= 15 is 0 Å². The van der Waals surface area contributed by atoms with Gasteiger partial charge in [0.05, 0.1) is 5.39 Å². The zero-order valence-corrected chi connectivity index (χ0v) is 9.99. The van der Waals surface area contributed by atoms with Gasteiger partial charge < -0.3 is 0 Å². The Morgan fingerprint density at radius 2 is 2.33 bits per heavy atom. The molecule has 0 saturated heterocycles. The molecule has 0 unspecified atom stereocenters. The Kier molecular flexibility index (Phi) is 2.54. The third-order valence-electron chi connectivity index (χ3n) is 2.67. The number of hydrogen-bond acceptors (Lipinski definition) is 4. The number of aromatic nitrogens is 3. The molecular formula is C12H7FN4S. The quantitative estimate of drug-likeness (QED) is 0.710. The maximum absolute atomic E-state index is 13.4. The second kappa shape index (κ2) is 4.20. The fourth-order valence-electron chi connectivity index (χ4n) is 1.90. The zero-order chi connectivity index (χ0) is 12.5. The van der Waals surface area contributed by atoms with Crippen LogP contribution in [0.3, 0.4) is 0 Å². The molecule has 0 aliphatic rings. The minimum atomic E-state index is 0.0761. The van der Waals surface area contributed by atoms with Gasteiger partial charge in [-0.3, -0.25) is 0 Å². The van der Waals surface area contributed by atoms with Crippen LogP contribution < -0.4 is 0 Å². The van der Waals surface area contributed by atoms with Gasteiger partial charge in [-0.15, -0.1) is 16.4 Å². The molecule has 3 heterocycles. The molecule has 6 heteroatoms. The molecule has 0 aromatic carbocycles. The summed E-state index contributed by atoms with van der Waals surface area (Å²) in [7, 11) is 0. The SMILES string of the molecule is N#Cc1nn(F)c2nccc(Cc3cccs3)c12. The number of halogens is 1. The first-order valence-corrected chi connectivity index (χ1v) is 6.13. The van der Waals surface area contributed by atoms with Gasteiger partial charge in [0.2, 0.25) is 0 Å². The summed E-state index contributed by atoms with van der Waals surface area (Å²) in [6.07, 6.45) is 2.18. The highest BCUT2D eigenvalue weighted by Gasteiger charge is 2.15. The van der Waals surface area contributed by atoms with Crippen LogP contribution in [0.4, 0.5) is 4.48 Å². The van der Waals surface area contributed by atoms with Crippen molar-refractivity contribution >= 4 is 22.4 Å². The summed E-state index contributed by atoms with van der Waals surface area (Å²) in [5, 5.41) is 15.0. The first-order valence-electron chi connectivity index (χ1n) is 5.25. The van der Waals surface area contributed by atoms with Gasteiger partial charge in [0, 0.05) is 17.5 Å². The van der Waals surface area contributed by atoms with E-state index in [0.717, 1.165) is 10.4 Å². The van der Waals surface area contributed by atoms with E-state index in [4.69, 9.17) is 5.26 Å². The molecule has 0 amide bonds. The molecule has 88 valence electrons. The maximum atomic E-state index is 13.4. The minimum Gasteiger partial charge on any atom is -0.234 e. The van der Waals surface area contributed by atoms with Crippen LogP contribution in [0.1, 0.15) is 16.1 Å². The first kappa shape index (κ1) is 10.9. The molecule has 0 fully saturated rings. The largest absolute Gasteiger partial charge is 0.234 e. The number of fused-ring (bicyclic) bond motifs is 1. The van der Waals surface area contributed by atoms with Crippen molar-refractivity contribution in [3.05, 3.63) is 45.9 Å². The predicted molar refractivity (Wildman–Crippen MR) is 65.9 cm³/mol. The van der Waals surface area contributed by atoms with Crippen LogP contribution in [-0.2, 0) is 6.42 Å². The van der Waals surface area contributed by atoms with E-state index in [9.17, 15) is 4.48 Å². The van der Waals surface area contributed by atoms with E-state index in [0.29, 0.717) is 11.8 Å². The van der Waals surface area contributed by atoms with Gasteiger partial charge in [0.25, 0.3) is 0 Å². The van der Waals surface area contributed by atoms with E-state index in [1.54, 1.807) is 17.4 Å². The summed E-state index contributed by atoms with van der Waals surface area (Å²) in [5.74, 6) is 0. The molecule has 0 saturated carbocycles. The lowest BCUT2D eigenvalue weighted by Gasteiger charge is -2.00. The second-order valence-electron chi connectivity index (χ2n) is 3.75. The van der Waals surface area contributed by atoms with E-state index in [-0.39, 0.29) is 16.2 Å². The molecule has 3 rings (SSSR count). The molecule has 3 aromatic heterocycles. The Hall–Kier alpha value is -2.26. The minimum absolute atomic E-state index is 0.0761. The highest BCUT2D eigenvalue weighted by Crippen LogP contribution is 2.24. The Bertz CT molecular complexity index is 739. The van der Waals surface area contributed by atoms with Crippen molar-refractivity contribution in [1.82, 2.24) is 15.0 Å². The normalized spacial score (nSPS) is 10.7. The van der Waals surface area contributed by atoms with Crippen molar-refractivity contribution in [2.45, 2.75) is 6.42 Å². The summed E-state index contributed by atoms with van der Waals surface area (Å²) < 4.78 is 13.4. The average molecular weight is 258 g/mol. The van der Waals surface area contributed by atoms with Gasteiger partial charge >= 0.3 is 0 Å². The van der Waals surface area contributed by atoms with Gasteiger partial charge in [-0.25, -0.2) is 4.98 Å². The van der Waals surface area contributed by atoms with Crippen molar-refractivity contribution in [3.8, 4) is 6.07 Å². The third-order valence-corrected chi connectivity index (χ3v) is 3.54. The number of thiophene rings is 1. The van der Waals surface area contributed by atoms with Gasteiger partial charge in [-0.2, -0.15) is 5.26 Å². The van der Waals surface area contributed by atoms with Crippen LogP contribution >= 0.6 is 11.3 Å². The molecular weight excluding hydrogens is 251 g/mol. The maximum Gasteiger partial charge on any atom is 0.194 e. The lowest BCUT2D eigenvalue weighted by Crippen LogP contribution is -1.90. The Balaban J connectivity index is 2.20. The summed E-state index contributed by atoms with van der Waals surface area (Å²) in [4.78, 5) is 5.23. The van der Waals surface area contributed by atoms with Crippen LogP contribution in [0.2, 0.25) is 0 Å². The van der Waals surface area contributed by atoms with Crippen LogP contribution in [-0.4, -0.2) is 15.0 Å². The van der Waals surface area contributed by atoms with Crippen molar-refractivity contribution < 1.29 is 4.48 Å². The standard InChI is InChI=1S/C12H7FN4S/c13-17-12-11(10(7-14)16-17)8(3-4-15-12)6-9-2-1-5-18-9/h1-5H,6H2.